The van der Waals surface area contributed by atoms with Crippen LogP contribution in [0.3, 0.4) is 0 Å². The Balaban J connectivity index is 0. The summed E-state index contributed by atoms with van der Waals surface area (Å²) in [7, 11) is 0. The first-order chi connectivity index (χ1) is 2.77. The van der Waals surface area contributed by atoms with Crippen molar-refractivity contribution in [3.8, 4) is 0 Å². The van der Waals surface area contributed by atoms with E-state index in [0.29, 0.717) is 0 Å². The van der Waals surface area contributed by atoms with Crippen LogP contribution in [0.25, 0.3) is 0 Å². The number of rotatable bonds is 1. The van der Waals surface area contributed by atoms with Gasteiger partial charge in [-0.05, 0) is 0 Å². The maximum Gasteiger partial charge on any atom is 0.408 e. The summed E-state index contributed by atoms with van der Waals surface area (Å²) in [5.41, 5.74) is -0.856. The van der Waals surface area contributed by atoms with Gasteiger partial charge in [0.2, 0.25) is 0 Å². The van der Waals surface area contributed by atoms with Crippen molar-refractivity contribution in [1.29, 1.82) is 0 Å². The molecule has 0 aromatic heterocycles. The van der Waals surface area contributed by atoms with E-state index in [1.165, 1.54) is 0 Å². The van der Waals surface area contributed by atoms with Crippen molar-refractivity contribution in [3.63, 3.8) is 0 Å². The van der Waals surface area contributed by atoms with Gasteiger partial charge < -0.3 is 4.74 Å². The molecule has 0 heterocycles. The van der Waals surface area contributed by atoms with Gasteiger partial charge in [0.25, 0.3) is 0 Å². The molecule has 0 fully saturated rings. The van der Waals surface area contributed by atoms with E-state index < -0.39 is 5.43 Å². The van der Waals surface area contributed by atoms with E-state index in [9.17, 15) is 4.79 Å². The summed E-state index contributed by atoms with van der Waals surface area (Å²) in [6, 6.07) is 0. The lowest BCUT2D eigenvalue weighted by atomic mass is 11.1. The fourth-order valence-electron chi connectivity index (χ4n) is 0.0655. The molecule has 0 N–H and O–H groups in total. The normalized spacial score (nSPS) is 5.86. The Morgan fingerprint density at radius 1 is 1.86 bits per heavy atom. The summed E-state index contributed by atoms with van der Waals surface area (Å²) in [5, 5.41) is 0. The minimum Gasteiger partial charge on any atom is -0.423 e. The molecule has 0 aliphatic rings. The third kappa shape index (κ3) is 10.7. The minimum atomic E-state index is -0.856. The molecule has 0 aliphatic heterocycles. The van der Waals surface area contributed by atoms with Crippen molar-refractivity contribution in [2.75, 3.05) is 0 Å². The molecular weight excluding hydrogens is 139 g/mol. The summed E-state index contributed by atoms with van der Waals surface area (Å²) < 4.78 is 3.93. The van der Waals surface area contributed by atoms with E-state index in [-0.39, 0.29) is 12.4 Å². The second-order valence-electron chi connectivity index (χ2n) is 0.522. The van der Waals surface area contributed by atoms with E-state index in [1.54, 1.807) is 0 Å². The summed E-state index contributed by atoms with van der Waals surface area (Å²) in [5.74, 6) is 0. The monoisotopic (exact) mass is 142 g/mol. The maximum atomic E-state index is 9.52. The number of carbonyl (C=O) groups excluding carboxylic acids is 1. The number of ether oxygens (including phenoxy) is 1. The summed E-state index contributed by atoms with van der Waals surface area (Å²) in [4.78, 5) is 9.52. The quantitative estimate of drug-likeness (QED) is 0.414. The Labute approximate surface area is 52.5 Å². The van der Waals surface area contributed by atoms with E-state index in [1.807, 2.05) is 0 Å². The molecule has 0 radical (unpaired) electrons. The SMILES string of the molecule is C=COC(=O)Cl.Cl. The third-order valence-corrected chi connectivity index (χ3v) is 0.265. The number of carbonyl (C=O) groups is 1. The standard InChI is InChI=1S/C3H3ClO2.ClH/c1-2-6-3(4)5;/h2H,1H2;1H. The van der Waals surface area contributed by atoms with Crippen molar-refractivity contribution < 1.29 is 9.53 Å². The van der Waals surface area contributed by atoms with Crippen LogP contribution in [0.4, 0.5) is 4.79 Å². The molecule has 42 valence electrons. The van der Waals surface area contributed by atoms with Gasteiger partial charge in [0.1, 0.15) is 0 Å². The van der Waals surface area contributed by atoms with Crippen LogP contribution in [0.2, 0.25) is 0 Å². The highest BCUT2D eigenvalue weighted by atomic mass is 35.5. The molecule has 0 unspecified atom stereocenters. The largest absolute Gasteiger partial charge is 0.423 e. The predicted octanol–water partition coefficient (Wildman–Crippen LogP) is 1.93. The van der Waals surface area contributed by atoms with E-state index in [0.717, 1.165) is 6.26 Å². The summed E-state index contributed by atoms with van der Waals surface area (Å²) in [6.45, 7) is 3.07. The fraction of sp³-hybridized carbons (Fsp3) is 0. The van der Waals surface area contributed by atoms with Gasteiger partial charge in [-0.1, -0.05) is 6.58 Å². The average Bonchev–Trinajstić information content (AvgIpc) is 1.35. The van der Waals surface area contributed by atoms with Gasteiger partial charge >= 0.3 is 5.43 Å². The first-order valence-electron chi connectivity index (χ1n) is 1.24. The first-order valence-corrected chi connectivity index (χ1v) is 1.62. The molecule has 0 atom stereocenters. The van der Waals surface area contributed by atoms with Crippen molar-refractivity contribution in [2.24, 2.45) is 0 Å². The van der Waals surface area contributed by atoms with E-state index in [2.05, 4.69) is 22.9 Å². The molecule has 0 bridgehead atoms. The van der Waals surface area contributed by atoms with Crippen molar-refractivity contribution in [3.05, 3.63) is 12.8 Å². The highest BCUT2D eigenvalue weighted by Crippen LogP contribution is 1.83. The van der Waals surface area contributed by atoms with Gasteiger partial charge in [0.05, 0.1) is 6.26 Å². The number of hydrogen-bond donors (Lipinski definition) is 0. The van der Waals surface area contributed by atoms with Gasteiger partial charge in [0.15, 0.2) is 0 Å². The van der Waals surface area contributed by atoms with Crippen LogP contribution in [-0.4, -0.2) is 5.43 Å². The van der Waals surface area contributed by atoms with E-state index >= 15 is 0 Å². The molecule has 0 aliphatic carbocycles. The van der Waals surface area contributed by atoms with Crippen LogP contribution in [0.15, 0.2) is 12.8 Å². The Morgan fingerprint density at radius 2 is 2.29 bits per heavy atom. The smallest absolute Gasteiger partial charge is 0.408 e. The van der Waals surface area contributed by atoms with Gasteiger partial charge in [-0.3, -0.25) is 0 Å². The van der Waals surface area contributed by atoms with Crippen LogP contribution >= 0.6 is 24.0 Å². The molecule has 0 spiro atoms. The minimum absolute atomic E-state index is 0. The molecule has 0 aromatic rings. The molecule has 0 rings (SSSR count). The lowest BCUT2D eigenvalue weighted by molar-refractivity contribution is 0.212. The predicted molar refractivity (Wildman–Crippen MR) is 29.8 cm³/mol. The van der Waals surface area contributed by atoms with Gasteiger partial charge in [0, 0.05) is 11.6 Å². The zero-order valence-electron chi connectivity index (χ0n) is 3.39. The van der Waals surface area contributed by atoms with Crippen molar-refractivity contribution >= 4 is 29.4 Å². The maximum absolute atomic E-state index is 9.52. The fourth-order valence-corrected chi connectivity index (χ4v) is 0.129. The van der Waals surface area contributed by atoms with Crippen molar-refractivity contribution in [2.45, 2.75) is 0 Å². The highest BCUT2D eigenvalue weighted by Gasteiger charge is 1.83. The second-order valence-corrected chi connectivity index (χ2v) is 0.831. The number of hydrogen-bond acceptors (Lipinski definition) is 2. The van der Waals surface area contributed by atoms with Gasteiger partial charge in [-0.15, -0.1) is 12.4 Å². The third-order valence-electron chi connectivity index (χ3n) is 0.176. The lowest BCUT2D eigenvalue weighted by Crippen LogP contribution is -1.79. The van der Waals surface area contributed by atoms with Crippen LogP contribution in [0.5, 0.6) is 0 Å². The molecule has 0 aromatic carbocycles. The lowest BCUT2D eigenvalue weighted by Gasteiger charge is -1.80. The summed E-state index contributed by atoms with van der Waals surface area (Å²) in [6.07, 6.45) is 0.968. The van der Waals surface area contributed by atoms with Crippen LogP contribution < -0.4 is 0 Å². The summed E-state index contributed by atoms with van der Waals surface area (Å²) >= 11 is 4.65. The highest BCUT2D eigenvalue weighted by molar-refractivity contribution is 6.61. The molecule has 7 heavy (non-hydrogen) atoms. The Kier molecular flexibility index (Phi) is 8.21. The zero-order valence-corrected chi connectivity index (χ0v) is 4.96. The van der Waals surface area contributed by atoms with Crippen LogP contribution in [0.1, 0.15) is 0 Å². The average molecular weight is 143 g/mol. The molecule has 0 saturated carbocycles. The molecule has 0 saturated heterocycles. The molecule has 2 nitrogen and oxygen atoms in total. The van der Waals surface area contributed by atoms with Crippen LogP contribution in [0, 0.1) is 0 Å². The zero-order chi connectivity index (χ0) is 4.99. The van der Waals surface area contributed by atoms with Crippen LogP contribution in [-0.2, 0) is 4.74 Å². The first kappa shape index (κ1) is 9.92. The Hall–Kier alpha value is -0.210. The Bertz CT molecular complexity index is 71.3. The molecule has 0 amide bonds. The number of halogens is 2. The van der Waals surface area contributed by atoms with E-state index in [4.69, 9.17) is 0 Å². The molecule has 4 heteroatoms. The molecular formula is C3H4Cl2O2. The second kappa shape index (κ2) is 5.79. The van der Waals surface area contributed by atoms with Crippen molar-refractivity contribution in [1.82, 2.24) is 0 Å². The van der Waals surface area contributed by atoms with Gasteiger partial charge in [-0.25, -0.2) is 4.79 Å². The Morgan fingerprint density at radius 3 is 2.29 bits per heavy atom. The topological polar surface area (TPSA) is 26.3 Å². The van der Waals surface area contributed by atoms with Gasteiger partial charge in [-0.2, -0.15) is 0 Å².